The van der Waals surface area contributed by atoms with Crippen LogP contribution < -0.4 is 5.32 Å². The molecule has 0 spiro atoms. The Morgan fingerprint density at radius 2 is 2.21 bits per heavy atom. The molecule has 1 aromatic carbocycles. The van der Waals surface area contributed by atoms with Gasteiger partial charge in [-0.05, 0) is 70.5 Å². The summed E-state index contributed by atoms with van der Waals surface area (Å²) in [7, 11) is 1.91. The number of aliphatic imine (C=N–C) groups is 1. The Balaban J connectivity index is 1.25. The minimum absolute atomic E-state index is 0.0227. The fraction of sp³-hybridized carbons (Fsp3) is 0.280. The van der Waals surface area contributed by atoms with Crippen molar-refractivity contribution in [2.24, 2.45) is 10.9 Å². The van der Waals surface area contributed by atoms with Crippen molar-refractivity contribution in [3.05, 3.63) is 68.5 Å². The molecule has 33 heavy (non-hydrogen) atoms. The summed E-state index contributed by atoms with van der Waals surface area (Å²) in [5, 5.41) is 8.77. The maximum absolute atomic E-state index is 13.1. The minimum Gasteiger partial charge on any atom is -0.341 e. The number of carbonyl (C=O) groups excluding carboxylic acids is 1. The van der Waals surface area contributed by atoms with Crippen LogP contribution in [0, 0.1) is 5.92 Å². The quantitative estimate of drug-likeness (QED) is 0.433. The van der Waals surface area contributed by atoms with Gasteiger partial charge in [-0.1, -0.05) is 6.07 Å². The summed E-state index contributed by atoms with van der Waals surface area (Å²) in [6, 6.07) is 8.41. The van der Waals surface area contributed by atoms with Crippen molar-refractivity contribution in [1.82, 2.24) is 14.9 Å². The minimum atomic E-state index is 0.0227. The first-order valence-electron chi connectivity index (χ1n) is 11.1. The van der Waals surface area contributed by atoms with E-state index >= 15 is 0 Å². The molecule has 2 aliphatic rings. The molecule has 0 radical (unpaired) electrons. The third kappa shape index (κ3) is 3.83. The zero-order chi connectivity index (χ0) is 22.4. The van der Waals surface area contributed by atoms with Crippen LogP contribution in [0.5, 0.6) is 0 Å². The molecule has 0 bridgehead atoms. The van der Waals surface area contributed by atoms with E-state index in [1.807, 2.05) is 18.2 Å². The van der Waals surface area contributed by atoms with Crippen molar-refractivity contribution in [3.63, 3.8) is 0 Å². The zero-order valence-corrected chi connectivity index (χ0v) is 19.9. The Hall–Kier alpha value is -3.10. The highest BCUT2D eigenvalue weighted by molar-refractivity contribution is 7.19. The number of thiophene rings is 2. The molecule has 6 rings (SSSR count). The summed E-state index contributed by atoms with van der Waals surface area (Å²) in [6.45, 7) is 1.43. The van der Waals surface area contributed by atoms with E-state index in [1.54, 1.807) is 29.0 Å². The summed E-state index contributed by atoms with van der Waals surface area (Å²) in [6.07, 6.45) is 6.05. The number of amides is 1. The topological polar surface area (TPSA) is 70.5 Å². The maximum atomic E-state index is 13.1. The smallest absolute Gasteiger partial charge is 0.226 e. The van der Waals surface area contributed by atoms with Crippen molar-refractivity contribution >= 4 is 56.5 Å². The van der Waals surface area contributed by atoms with E-state index < -0.39 is 0 Å². The standard InChI is InChI=1S/C25H23N5OS2/c1-30(12-15-6-7-32-13-15)25(31)16-3-5-20-21(9-16)33-24-22(20)23(27-14-28-24)29-19-4-2-17-10-26-11-18(17)8-19/h2,4,6-8,11,13-14,16H,3,5,9-10,12H2,1H3,(H,27,28,29). The second-order valence-electron chi connectivity index (χ2n) is 8.68. The molecule has 0 fully saturated rings. The molecule has 0 saturated carbocycles. The lowest BCUT2D eigenvalue weighted by atomic mass is 9.87. The van der Waals surface area contributed by atoms with Crippen LogP contribution in [0.3, 0.4) is 0 Å². The van der Waals surface area contributed by atoms with E-state index in [1.165, 1.54) is 21.6 Å². The fourth-order valence-corrected chi connectivity index (χ4v) is 6.70. The average molecular weight is 474 g/mol. The van der Waals surface area contributed by atoms with Gasteiger partial charge in [0, 0.05) is 36.3 Å². The van der Waals surface area contributed by atoms with Gasteiger partial charge in [0.05, 0.1) is 11.9 Å². The second kappa shape index (κ2) is 8.35. The van der Waals surface area contributed by atoms with Crippen LogP contribution in [-0.4, -0.2) is 34.0 Å². The molecule has 1 aliphatic carbocycles. The normalized spacial score (nSPS) is 16.6. The van der Waals surface area contributed by atoms with Gasteiger partial charge < -0.3 is 10.2 Å². The average Bonchev–Trinajstić information content (AvgIpc) is 3.57. The van der Waals surface area contributed by atoms with Gasteiger partial charge in [0.2, 0.25) is 5.91 Å². The molecule has 1 atom stereocenters. The molecular formula is C25H23N5OS2. The Kier molecular flexibility index (Phi) is 5.19. The lowest BCUT2D eigenvalue weighted by Crippen LogP contribution is -2.35. The van der Waals surface area contributed by atoms with E-state index in [9.17, 15) is 4.79 Å². The lowest BCUT2D eigenvalue weighted by molar-refractivity contribution is -0.135. The third-order valence-electron chi connectivity index (χ3n) is 6.47. The highest BCUT2D eigenvalue weighted by Crippen LogP contribution is 2.41. The monoisotopic (exact) mass is 473 g/mol. The number of carbonyl (C=O) groups is 1. The number of aromatic nitrogens is 2. The molecule has 1 N–H and O–H groups in total. The predicted molar refractivity (Wildman–Crippen MR) is 135 cm³/mol. The van der Waals surface area contributed by atoms with E-state index in [0.29, 0.717) is 6.54 Å². The van der Waals surface area contributed by atoms with Crippen LogP contribution in [0.15, 0.2) is 46.3 Å². The van der Waals surface area contributed by atoms with Gasteiger partial charge in [-0.3, -0.25) is 9.79 Å². The molecule has 6 nitrogen and oxygen atoms in total. The zero-order valence-electron chi connectivity index (χ0n) is 18.2. The Labute approximate surface area is 200 Å². The van der Waals surface area contributed by atoms with Gasteiger partial charge in [-0.15, -0.1) is 11.3 Å². The number of aryl methyl sites for hydroxylation is 1. The van der Waals surface area contributed by atoms with Gasteiger partial charge in [0.1, 0.15) is 17.0 Å². The summed E-state index contributed by atoms with van der Waals surface area (Å²) in [5.41, 5.74) is 5.90. The van der Waals surface area contributed by atoms with Crippen molar-refractivity contribution < 1.29 is 4.79 Å². The molecule has 4 aromatic rings. The van der Waals surface area contributed by atoms with Crippen LogP contribution >= 0.6 is 22.7 Å². The van der Waals surface area contributed by atoms with Crippen molar-refractivity contribution in [3.8, 4) is 0 Å². The van der Waals surface area contributed by atoms with Crippen molar-refractivity contribution in [1.29, 1.82) is 0 Å². The second-order valence-corrected chi connectivity index (χ2v) is 10.5. The summed E-state index contributed by atoms with van der Waals surface area (Å²) in [4.78, 5) is 30.7. The summed E-state index contributed by atoms with van der Waals surface area (Å²) < 4.78 is 0. The summed E-state index contributed by atoms with van der Waals surface area (Å²) >= 11 is 3.37. The van der Waals surface area contributed by atoms with E-state index in [2.05, 4.69) is 55.3 Å². The number of nitrogens with one attached hydrogen (secondary N) is 1. The fourth-order valence-electron chi connectivity index (χ4n) is 4.78. The molecule has 0 saturated heterocycles. The van der Waals surface area contributed by atoms with Gasteiger partial charge in [-0.2, -0.15) is 11.3 Å². The van der Waals surface area contributed by atoms with E-state index in [-0.39, 0.29) is 11.8 Å². The Morgan fingerprint density at radius 3 is 3.09 bits per heavy atom. The van der Waals surface area contributed by atoms with Gasteiger partial charge in [0.25, 0.3) is 0 Å². The first-order valence-corrected chi connectivity index (χ1v) is 12.8. The number of nitrogens with zero attached hydrogens (tertiary/aromatic N) is 4. The van der Waals surface area contributed by atoms with Crippen LogP contribution in [0.2, 0.25) is 0 Å². The SMILES string of the molecule is CN(Cc1ccsc1)C(=O)C1CCc2c(sc3ncnc(Nc4ccc5c(c4)C=NC5)c23)C1. The molecule has 166 valence electrons. The largest absolute Gasteiger partial charge is 0.341 e. The Morgan fingerprint density at radius 1 is 1.27 bits per heavy atom. The molecule has 1 aliphatic heterocycles. The maximum Gasteiger partial charge on any atom is 0.226 e. The number of hydrogen-bond donors (Lipinski definition) is 1. The lowest BCUT2D eigenvalue weighted by Gasteiger charge is -2.26. The van der Waals surface area contributed by atoms with E-state index in [4.69, 9.17) is 0 Å². The highest BCUT2D eigenvalue weighted by atomic mass is 32.1. The van der Waals surface area contributed by atoms with Crippen molar-refractivity contribution in [2.45, 2.75) is 32.4 Å². The molecule has 3 aromatic heterocycles. The van der Waals surface area contributed by atoms with Crippen LogP contribution in [0.1, 0.15) is 33.6 Å². The number of anilines is 2. The number of fused-ring (bicyclic) bond motifs is 4. The number of rotatable bonds is 5. The predicted octanol–water partition coefficient (Wildman–Crippen LogP) is 5.19. The molecule has 1 unspecified atom stereocenters. The number of benzene rings is 1. The van der Waals surface area contributed by atoms with Crippen LogP contribution in [0.25, 0.3) is 10.2 Å². The molecule has 1 amide bonds. The summed E-state index contributed by atoms with van der Waals surface area (Å²) in [5.74, 6) is 1.09. The van der Waals surface area contributed by atoms with Gasteiger partial charge in [-0.25, -0.2) is 9.97 Å². The molecule has 4 heterocycles. The van der Waals surface area contributed by atoms with Gasteiger partial charge >= 0.3 is 0 Å². The van der Waals surface area contributed by atoms with Crippen LogP contribution in [-0.2, 0) is 30.7 Å². The highest BCUT2D eigenvalue weighted by Gasteiger charge is 2.30. The number of hydrogen-bond acceptors (Lipinski definition) is 7. The molecular weight excluding hydrogens is 450 g/mol. The van der Waals surface area contributed by atoms with Gasteiger partial charge in [0.15, 0.2) is 0 Å². The van der Waals surface area contributed by atoms with E-state index in [0.717, 1.165) is 53.1 Å². The first-order chi connectivity index (χ1) is 16.2. The van der Waals surface area contributed by atoms with Crippen molar-refractivity contribution in [2.75, 3.05) is 12.4 Å². The first kappa shape index (κ1) is 20.5. The Bertz CT molecular complexity index is 1380. The molecule has 8 heteroatoms. The van der Waals surface area contributed by atoms with Crippen LogP contribution in [0.4, 0.5) is 11.5 Å². The third-order valence-corrected chi connectivity index (χ3v) is 8.37.